The zero-order valence-electron chi connectivity index (χ0n) is 13.9. The molecule has 1 saturated heterocycles. The largest absolute Gasteiger partial charge is 0.450 e. The zero-order chi connectivity index (χ0) is 18.4. The molecular formula is C16H22N2O6S. The van der Waals surface area contributed by atoms with Gasteiger partial charge in [-0.25, -0.2) is 13.2 Å². The number of carbonyl (C=O) groups excluding carboxylic acids is 2. The summed E-state index contributed by atoms with van der Waals surface area (Å²) in [4.78, 5) is 25.3. The fourth-order valence-corrected chi connectivity index (χ4v) is 4.49. The van der Waals surface area contributed by atoms with Gasteiger partial charge < -0.3 is 15.2 Å². The van der Waals surface area contributed by atoms with Crippen LogP contribution in [-0.4, -0.2) is 73.8 Å². The van der Waals surface area contributed by atoms with Crippen LogP contribution in [-0.2, 0) is 14.6 Å². The number of hydrogen-bond donors (Lipinski definition) is 2. The molecule has 1 heterocycles. The van der Waals surface area contributed by atoms with Crippen LogP contribution in [0, 0.1) is 0 Å². The molecule has 9 heteroatoms. The Morgan fingerprint density at radius 3 is 2.52 bits per heavy atom. The number of nitrogens with one attached hydrogen (secondary N) is 1. The summed E-state index contributed by atoms with van der Waals surface area (Å²) >= 11 is 0. The van der Waals surface area contributed by atoms with Crippen LogP contribution < -0.4 is 5.32 Å². The van der Waals surface area contributed by atoms with E-state index in [-0.39, 0.29) is 37.1 Å². The number of carbonyl (C=O) groups is 2. The molecule has 2 amide bonds. The van der Waals surface area contributed by atoms with Crippen LogP contribution in [0.2, 0.25) is 0 Å². The smallest absolute Gasteiger partial charge is 0.410 e. The van der Waals surface area contributed by atoms with E-state index in [9.17, 15) is 23.1 Å². The molecule has 1 aliphatic heterocycles. The van der Waals surface area contributed by atoms with Gasteiger partial charge in [0.1, 0.15) is 0 Å². The summed E-state index contributed by atoms with van der Waals surface area (Å²) in [5, 5.41) is 12.6. The molecule has 0 aliphatic carbocycles. The number of aliphatic hydroxyl groups excluding tert-OH is 1. The molecule has 138 valence electrons. The fourth-order valence-electron chi connectivity index (χ4n) is 2.69. The van der Waals surface area contributed by atoms with Crippen LogP contribution >= 0.6 is 0 Å². The SMILES string of the molecule is CCOC(=O)N(CCNC(=O)c1ccccc1)[C@H]1CS(=O)(=O)C[C@@H]1O. The highest BCUT2D eigenvalue weighted by Gasteiger charge is 2.42. The van der Waals surface area contributed by atoms with E-state index in [1.807, 2.05) is 0 Å². The minimum Gasteiger partial charge on any atom is -0.450 e. The zero-order valence-corrected chi connectivity index (χ0v) is 14.7. The number of nitrogens with zero attached hydrogens (tertiary/aromatic N) is 1. The molecule has 25 heavy (non-hydrogen) atoms. The Labute approximate surface area is 146 Å². The first-order valence-corrected chi connectivity index (χ1v) is 9.81. The van der Waals surface area contributed by atoms with Crippen molar-refractivity contribution in [3.63, 3.8) is 0 Å². The van der Waals surface area contributed by atoms with Crippen LogP contribution in [0.25, 0.3) is 0 Å². The van der Waals surface area contributed by atoms with Crippen molar-refractivity contribution in [2.45, 2.75) is 19.1 Å². The standard InChI is InChI=1S/C16H22N2O6S/c1-2-24-16(21)18(13-10-25(22,23)11-14(13)19)9-8-17-15(20)12-6-4-3-5-7-12/h3-7,13-14,19H,2,8-11H2,1H3,(H,17,20)/t13-,14-/m0/s1. The van der Waals surface area contributed by atoms with Gasteiger partial charge in [0, 0.05) is 18.7 Å². The molecule has 0 spiro atoms. The maximum atomic E-state index is 12.1. The molecule has 2 N–H and O–H groups in total. The van der Waals surface area contributed by atoms with Gasteiger partial charge in [-0.1, -0.05) is 18.2 Å². The van der Waals surface area contributed by atoms with Crippen molar-refractivity contribution in [2.24, 2.45) is 0 Å². The lowest BCUT2D eigenvalue weighted by atomic mass is 10.2. The molecule has 0 saturated carbocycles. The molecular weight excluding hydrogens is 348 g/mol. The molecule has 8 nitrogen and oxygen atoms in total. The highest BCUT2D eigenvalue weighted by atomic mass is 32.2. The number of aliphatic hydroxyl groups is 1. The van der Waals surface area contributed by atoms with E-state index >= 15 is 0 Å². The first-order valence-electron chi connectivity index (χ1n) is 7.99. The average Bonchev–Trinajstić information content (AvgIpc) is 2.84. The molecule has 0 unspecified atom stereocenters. The van der Waals surface area contributed by atoms with Gasteiger partial charge in [0.25, 0.3) is 5.91 Å². The number of sulfone groups is 1. The van der Waals surface area contributed by atoms with E-state index in [1.54, 1.807) is 37.3 Å². The van der Waals surface area contributed by atoms with Gasteiger partial charge in [-0.05, 0) is 19.1 Å². The van der Waals surface area contributed by atoms with Gasteiger partial charge in [-0.2, -0.15) is 0 Å². The van der Waals surface area contributed by atoms with Crippen molar-refractivity contribution in [1.82, 2.24) is 10.2 Å². The Kier molecular flexibility index (Phi) is 6.38. The molecule has 2 rings (SSSR count). The molecule has 1 fully saturated rings. The third-order valence-corrected chi connectivity index (χ3v) is 5.57. The fraction of sp³-hybridized carbons (Fsp3) is 0.500. The lowest BCUT2D eigenvalue weighted by Gasteiger charge is -2.29. The highest BCUT2D eigenvalue weighted by Crippen LogP contribution is 2.19. The molecule has 0 aromatic heterocycles. The molecule has 0 radical (unpaired) electrons. The van der Waals surface area contributed by atoms with Gasteiger partial charge >= 0.3 is 6.09 Å². The van der Waals surface area contributed by atoms with Crippen molar-refractivity contribution in [1.29, 1.82) is 0 Å². The van der Waals surface area contributed by atoms with Crippen molar-refractivity contribution >= 4 is 21.8 Å². The van der Waals surface area contributed by atoms with E-state index in [1.165, 1.54) is 4.90 Å². The first-order chi connectivity index (χ1) is 11.8. The van der Waals surface area contributed by atoms with Crippen molar-refractivity contribution in [2.75, 3.05) is 31.2 Å². The molecule has 1 aromatic rings. The van der Waals surface area contributed by atoms with E-state index < -0.39 is 28.1 Å². The van der Waals surface area contributed by atoms with Crippen LogP contribution in [0.1, 0.15) is 17.3 Å². The predicted molar refractivity (Wildman–Crippen MR) is 91.0 cm³/mol. The maximum Gasteiger partial charge on any atom is 0.410 e. The summed E-state index contributed by atoms with van der Waals surface area (Å²) in [7, 11) is -3.41. The average molecular weight is 370 g/mol. The summed E-state index contributed by atoms with van der Waals surface area (Å²) in [6.45, 7) is 1.90. The van der Waals surface area contributed by atoms with Crippen LogP contribution in [0.3, 0.4) is 0 Å². The van der Waals surface area contributed by atoms with E-state index in [0.717, 1.165) is 0 Å². The quantitative estimate of drug-likeness (QED) is 0.731. The summed E-state index contributed by atoms with van der Waals surface area (Å²) in [5.41, 5.74) is 0.480. The third kappa shape index (κ3) is 5.17. The van der Waals surface area contributed by atoms with Crippen molar-refractivity contribution in [3.05, 3.63) is 35.9 Å². The summed E-state index contributed by atoms with van der Waals surface area (Å²) in [6, 6.07) is 7.70. The van der Waals surface area contributed by atoms with Gasteiger partial charge in [0.2, 0.25) is 0 Å². The molecule has 0 bridgehead atoms. The Hall–Kier alpha value is -2.13. The Morgan fingerprint density at radius 1 is 1.28 bits per heavy atom. The third-order valence-electron chi connectivity index (χ3n) is 3.87. The first kappa shape index (κ1) is 19.2. The predicted octanol–water partition coefficient (Wildman–Crippen LogP) is 0.0328. The number of benzene rings is 1. The van der Waals surface area contributed by atoms with E-state index in [2.05, 4.69) is 5.32 Å². The second-order valence-electron chi connectivity index (χ2n) is 5.73. The van der Waals surface area contributed by atoms with E-state index in [4.69, 9.17) is 4.74 Å². The number of hydrogen-bond acceptors (Lipinski definition) is 6. The minimum atomic E-state index is -3.41. The lowest BCUT2D eigenvalue weighted by molar-refractivity contribution is 0.0560. The van der Waals surface area contributed by atoms with Gasteiger partial charge in [-0.15, -0.1) is 0 Å². The topological polar surface area (TPSA) is 113 Å². The Morgan fingerprint density at radius 2 is 1.96 bits per heavy atom. The summed E-state index contributed by atoms with van der Waals surface area (Å²) in [6.07, 6.45) is -1.88. The number of ether oxygens (including phenoxy) is 1. The highest BCUT2D eigenvalue weighted by molar-refractivity contribution is 7.91. The van der Waals surface area contributed by atoms with Crippen LogP contribution in [0.15, 0.2) is 30.3 Å². The van der Waals surface area contributed by atoms with Crippen LogP contribution in [0.4, 0.5) is 4.79 Å². The number of rotatable bonds is 6. The minimum absolute atomic E-state index is 0.0364. The normalized spacial score (nSPS) is 21.5. The second kappa shape index (κ2) is 8.30. The summed E-state index contributed by atoms with van der Waals surface area (Å²) in [5.74, 6) is -1.01. The van der Waals surface area contributed by atoms with Crippen LogP contribution in [0.5, 0.6) is 0 Å². The molecule has 2 atom stereocenters. The lowest BCUT2D eigenvalue weighted by Crippen LogP contribution is -2.49. The Balaban J connectivity index is 1.99. The Bertz CT molecular complexity index is 707. The molecule has 1 aromatic carbocycles. The van der Waals surface area contributed by atoms with Gasteiger partial charge in [-0.3, -0.25) is 9.69 Å². The monoisotopic (exact) mass is 370 g/mol. The summed E-state index contributed by atoms with van der Waals surface area (Å²) < 4.78 is 28.3. The maximum absolute atomic E-state index is 12.1. The van der Waals surface area contributed by atoms with Crippen molar-refractivity contribution in [3.8, 4) is 0 Å². The van der Waals surface area contributed by atoms with Crippen molar-refractivity contribution < 1.29 is 27.9 Å². The van der Waals surface area contributed by atoms with E-state index in [0.29, 0.717) is 5.56 Å². The number of amides is 2. The van der Waals surface area contributed by atoms with Gasteiger partial charge in [0.05, 0.1) is 30.3 Å². The second-order valence-corrected chi connectivity index (χ2v) is 7.88. The molecule has 1 aliphatic rings. The van der Waals surface area contributed by atoms with Gasteiger partial charge in [0.15, 0.2) is 9.84 Å².